The van der Waals surface area contributed by atoms with Gasteiger partial charge in [-0.3, -0.25) is 4.79 Å². The zero-order valence-electron chi connectivity index (χ0n) is 10.6. The first-order valence-corrected chi connectivity index (χ1v) is 7.37. The molecule has 94 valence electrons. The molecule has 0 saturated heterocycles. The van der Waals surface area contributed by atoms with Crippen LogP contribution in [0.25, 0.3) is 0 Å². The molecule has 0 bridgehead atoms. The number of carboxylic acids is 1. The highest BCUT2D eigenvalue weighted by molar-refractivity contribution is 8.00. The van der Waals surface area contributed by atoms with Crippen LogP contribution in [0, 0.1) is 11.8 Å². The molecule has 16 heavy (non-hydrogen) atoms. The molecule has 0 aromatic heterocycles. The fourth-order valence-corrected chi connectivity index (χ4v) is 4.19. The minimum absolute atomic E-state index is 0.111. The average Bonchev–Trinajstić information content (AvgIpc) is 2.16. The number of carbonyl (C=O) groups is 1. The average molecular weight is 244 g/mol. The van der Waals surface area contributed by atoms with Gasteiger partial charge in [0.1, 0.15) is 0 Å². The van der Waals surface area contributed by atoms with Crippen LogP contribution in [0.1, 0.15) is 52.9 Å². The lowest BCUT2D eigenvalue weighted by atomic mass is 9.80. The summed E-state index contributed by atoms with van der Waals surface area (Å²) >= 11 is 1.86. The van der Waals surface area contributed by atoms with Crippen molar-refractivity contribution < 1.29 is 9.90 Å². The van der Waals surface area contributed by atoms with Crippen LogP contribution in [-0.2, 0) is 4.79 Å². The minimum Gasteiger partial charge on any atom is -0.481 e. The van der Waals surface area contributed by atoms with Gasteiger partial charge in [0.25, 0.3) is 0 Å². The quantitative estimate of drug-likeness (QED) is 0.799. The third-order valence-corrected chi connectivity index (χ3v) is 4.78. The molecular weight excluding hydrogens is 220 g/mol. The lowest BCUT2D eigenvalue weighted by molar-refractivity contribution is -0.142. The summed E-state index contributed by atoms with van der Waals surface area (Å²) in [5.41, 5.74) is 0. The fourth-order valence-electron chi connectivity index (χ4n) is 2.66. The van der Waals surface area contributed by atoms with Gasteiger partial charge in [0.2, 0.25) is 0 Å². The number of aliphatic carboxylic acids is 1. The van der Waals surface area contributed by atoms with Crippen molar-refractivity contribution >= 4 is 17.7 Å². The van der Waals surface area contributed by atoms with Crippen LogP contribution < -0.4 is 0 Å². The number of thioether (sulfide) groups is 1. The summed E-state index contributed by atoms with van der Waals surface area (Å²) in [6.07, 6.45) is 5.58. The van der Waals surface area contributed by atoms with Gasteiger partial charge in [0.05, 0.1) is 5.92 Å². The van der Waals surface area contributed by atoms with Crippen molar-refractivity contribution in [2.24, 2.45) is 11.8 Å². The Bertz CT molecular complexity index is 228. The highest BCUT2D eigenvalue weighted by atomic mass is 32.2. The Balaban J connectivity index is 2.58. The second kappa shape index (κ2) is 6.53. The van der Waals surface area contributed by atoms with Gasteiger partial charge in [0.15, 0.2) is 0 Å². The van der Waals surface area contributed by atoms with Crippen molar-refractivity contribution in [2.45, 2.75) is 63.4 Å². The molecule has 0 heterocycles. The van der Waals surface area contributed by atoms with Gasteiger partial charge in [-0.1, -0.05) is 33.6 Å². The first-order chi connectivity index (χ1) is 7.54. The van der Waals surface area contributed by atoms with Gasteiger partial charge in [-0.05, 0) is 30.4 Å². The molecular formula is C13H24O2S. The Morgan fingerprint density at radius 1 is 1.44 bits per heavy atom. The first-order valence-electron chi connectivity index (χ1n) is 6.42. The molecule has 1 N–H and O–H groups in total. The lowest BCUT2D eigenvalue weighted by Gasteiger charge is -2.34. The Hall–Kier alpha value is -0.180. The molecule has 3 heteroatoms. The molecule has 3 unspecified atom stereocenters. The second-order valence-corrected chi connectivity index (χ2v) is 6.96. The van der Waals surface area contributed by atoms with E-state index in [4.69, 9.17) is 0 Å². The lowest BCUT2D eigenvalue weighted by Crippen LogP contribution is -2.33. The number of rotatable bonds is 5. The highest BCUT2D eigenvalue weighted by Gasteiger charge is 2.35. The summed E-state index contributed by atoms with van der Waals surface area (Å²) in [5, 5.41) is 10.1. The number of hydrogen-bond donors (Lipinski definition) is 1. The van der Waals surface area contributed by atoms with Crippen LogP contribution in [-0.4, -0.2) is 21.6 Å². The van der Waals surface area contributed by atoms with Gasteiger partial charge in [0, 0.05) is 5.25 Å². The summed E-state index contributed by atoms with van der Waals surface area (Å²) in [6, 6.07) is 0. The van der Waals surface area contributed by atoms with Crippen molar-refractivity contribution in [1.29, 1.82) is 0 Å². The smallest absolute Gasteiger partial charge is 0.307 e. The molecule has 0 spiro atoms. The summed E-state index contributed by atoms with van der Waals surface area (Å²) in [5.74, 6) is 0.0606. The summed E-state index contributed by atoms with van der Waals surface area (Å²) in [7, 11) is 0. The van der Waals surface area contributed by atoms with Crippen LogP contribution in [0.2, 0.25) is 0 Å². The topological polar surface area (TPSA) is 37.3 Å². The van der Waals surface area contributed by atoms with Gasteiger partial charge < -0.3 is 5.11 Å². The maximum atomic E-state index is 11.2. The Kier molecular flexibility index (Phi) is 5.67. The van der Waals surface area contributed by atoms with Gasteiger partial charge in [-0.15, -0.1) is 0 Å². The van der Waals surface area contributed by atoms with Gasteiger partial charge in [-0.25, -0.2) is 0 Å². The van der Waals surface area contributed by atoms with E-state index in [0.717, 1.165) is 25.2 Å². The molecule has 0 radical (unpaired) electrons. The van der Waals surface area contributed by atoms with E-state index < -0.39 is 5.97 Å². The maximum Gasteiger partial charge on any atom is 0.307 e. The van der Waals surface area contributed by atoms with E-state index in [2.05, 4.69) is 20.8 Å². The predicted octanol–water partition coefficient (Wildman–Crippen LogP) is 3.80. The molecule has 1 fully saturated rings. The molecule has 2 nitrogen and oxygen atoms in total. The maximum absolute atomic E-state index is 11.2. The SMILES string of the molecule is CCCC1CCC(C(=O)O)C(SC(C)C)C1. The normalized spacial score (nSPS) is 30.6. The van der Waals surface area contributed by atoms with Gasteiger partial charge in [-0.2, -0.15) is 11.8 Å². The Labute approximate surface area is 103 Å². The van der Waals surface area contributed by atoms with Crippen LogP contribution in [0.3, 0.4) is 0 Å². The molecule has 0 aromatic carbocycles. The van der Waals surface area contributed by atoms with E-state index in [-0.39, 0.29) is 5.92 Å². The van der Waals surface area contributed by atoms with Crippen LogP contribution >= 0.6 is 11.8 Å². The summed E-state index contributed by atoms with van der Waals surface area (Å²) < 4.78 is 0. The molecule has 1 rings (SSSR count). The highest BCUT2D eigenvalue weighted by Crippen LogP contribution is 2.39. The molecule has 0 aromatic rings. The van der Waals surface area contributed by atoms with Gasteiger partial charge >= 0.3 is 5.97 Å². The largest absolute Gasteiger partial charge is 0.481 e. The Morgan fingerprint density at radius 3 is 2.62 bits per heavy atom. The fraction of sp³-hybridized carbons (Fsp3) is 0.923. The van der Waals surface area contributed by atoms with E-state index in [1.807, 2.05) is 11.8 Å². The number of hydrogen-bond acceptors (Lipinski definition) is 2. The molecule has 1 aliphatic rings. The zero-order chi connectivity index (χ0) is 12.1. The predicted molar refractivity (Wildman–Crippen MR) is 69.9 cm³/mol. The van der Waals surface area contributed by atoms with E-state index in [9.17, 15) is 9.90 Å². The monoisotopic (exact) mass is 244 g/mol. The van der Waals surface area contributed by atoms with Crippen molar-refractivity contribution in [3.05, 3.63) is 0 Å². The zero-order valence-corrected chi connectivity index (χ0v) is 11.4. The van der Waals surface area contributed by atoms with Crippen LogP contribution in [0.5, 0.6) is 0 Å². The summed E-state index contributed by atoms with van der Waals surface area (Å²) in [6.45, 7) is 6.54. The minimum atomic E-state index is -0.590. The Morgan fingerprint density at radius 2 is 2.12 bits per heavy atom. The second-order valence-electron chi connectivity index (χ2n) is 5.14. The summed E-state index contributed by atoms with van der Waals surface area (Å²) in [4.78, 5) is 11.2. The molecule has 3 atom stereocenters. The molecule has 0 amide bonds. The van der Waals surface area contributed by atoms with Crippen molar-refractivity contribution in [3.63, 3.8) is 0 Å². The van der Waals surface area contributed by atoms with Crippen molar-refractivity contribution in [3.8, 4) is 0 Å². The van der Waals surface area contributed by atoms with Crippen LogP contribution in [0.15, 0.2) is 0 Å². The van der Waals surface area contributed by atoms with E-state index in [0.29, 0.717) is 10.5 Å². The van der Waals surface area contributed by atoms with E-state index >= 15 is 0 Å². The molecule has 0 aliphatic heterocycles. The molecule has 1 saturated carbocycles. The van der Waals surface area contributed by atoms with E-state index in [1.165, 1.54) is 12.8 Å². The molecule has 1 aliphatic carbocycles. The van der Waals surface area contributed by atoms with Crippen molar-refractivity contribution in [1.82, 2.24) is 0 Å². The first kappa shape index (κ1) is 13.9. The third kappa shape index (κ3) is 4.00. The third-order valence-electron chi connectivity index (χ3n) is 3.36. The van der Waals surface area contributed by atoms with E-state index in [1.54, 1.807) is 0 Å². The van der Waals surface area contributed by atoms with Crippen LogP contribution in [0.4, 0.5) is 0 Å². The standard InChI is InChI=1S/C13H24O2S/c1-4-5-10-6-7-11(13(14)15)12(8-10)16-9(2)3/h9-12H,4-8H2,1-3H3,(H,14,15). The van der Waals surface area contributed by atoms with Crippen molar-refractivity contribution in [2.75, 3.05) is 0 Å². The number of carboxylic acid groups (broad SMARTS) is 1.